The lowest BCUT2D eigenvalue weighted by atomic mass is 10.1. The fourth-order valence-electron chi connectivity index (χ4n) is 4.63. The van der Waals surface area contributed by atoms with Crippen molar-refractivity contribution in [2.75, 3.05) is 18.4 Å². The molecule has 0 spiro atoms. The fourth-order valence-corrected chi connectivity index (χ4v) is 4.63. The van der Waals surface area contributed by atoms with Crippen molar-refractivity contribution < 1.29 is 9.66 Å². The number of ether oxygens (including phenoxy) is 1. The first-order valence-corrected chi connectivity index (χ1v) is 12.3. The predicted molar refractivity (Wildman–Crippen MR) is 141 cm³/mol. The number of aromatic amines is 1. The van der Waals surface area contributed by atoms with Gasteiger partial charge < -0.3 is 15.0 Å². The number of piperidine rings is 1. The van der Waals surface area contributed by atoms with Crippen LogP contribution in [0.15, 0.2) is 66.9 Å². The van der Waals surface area contributed by atoms with Gasteiger partial charge >= 0.3 is 0 Å². The summed E-state index contributed by atoms with van der Waals surface area (Å²) in [7, 11) is 0. The van der Waals surface area contributed by atoms with Crippen molar-refractivity contribution in [1.29, 1.82) is 0 Å². The number of benzene rings is 2. The van der Waals surface area contributed by atoms with Gasteiger partial charge in [-0.25, -0.2) is 0 Å². The van der Waals surface area contributed by atoms with Crippen LogP contribution in [-0.4, -0.2) is 42.8 Å². The Kier molecular flexibility index (Phi) is 6.07. The molecule has 1 aliphatic heterocycles. The van der Waals surface area contributed by atoms with Crippen LogP contribution in [0.4, 0.5) is 17.3 Å². The molecule has 0 radical (unpaired) electrons. The number of hydrogen-bond acceptors (Lipinski definition) is 8. The Morgan fingerprint density at radius 3 is 2.76 bits per heavy atom. The zero-order chi connectivity index (χ0) is 25.2. The number of aromatic nitrogens is 4. The molecule has 6 rings (SSSR count). The van der Waals surface area contributed by atoms with E-state index in [4.69, 9.17) is 9.72 Å². The average molecular weight is 496 g/mol. The molecule has 0 saturated carbocycles. The number of H-pyrrole nitrogens is 1. The summed E-state index contributed by atoms with van der Waals surface area (Å²) in [4.78, 5) is 30.2. The van der Waals surface area contributed by atoms with Crippen molar-refractivity contribution in [2.24, 2.45) is 0 Å². The van der Waals surface area contributed by atoms with Gasteiger partial charge in [0.2, 0.25) is 11.8 Å². The van der Waals surface area contributed by atoms with Gasteiger partial charge in [-0.15, -0.1) is 0 Å². The number of fused-ring (bicyclic) bond motifs is 2. The summed E-state index contributed by atoms with van der Waals surface area (Å²) in [6.07, 6.45) is 5.58. The molecule has 5 aromatic rings. The summed E-state index contributed by atoms with van der Waals surface area (Å²) in [5.74, 6) is 0.946. The summed E-state index contributed by atoms with van der Waals surface area (Å²) >= 11 is 0. The lowest BCUT2D eigenvalue weighted by Gasteiger charge is -2.26. The summed E-state index contributed by atoms with van der Waals surface area (Å²) < 4.78 is 5.94. The van der Waals surface area contributed by atoms with E-state index in [0.29, 0.717) is 28.6 Å². The van der Waals surface area contributed by atoms with Crippen LogP contribution in [0.25, 0.3) is 21.9 Å². The molecule has 0 unspecified atom stereocenters. The van der Waals surface area contributed by atoms with Crippen LogP contribution in [0.3, 0.4) is 0 Å². The molecule has 186 valence electrons. The lowest BCUT2D eigenvalue weighted by Crippen LogP contribution is -2.29. The number of pyridine rings is 1. The third kappa shape index (κ3) is 5.05. The molecule has 10 heteroatoms. The predicted octanol–water partition coefficient (Wildman–Crippen LogP) is 5.94. The molecule has 0 amide bonds. The van der Waals surface area contributed by atoms with E-state index < -0.39 is 4.92 Å². The van der Waals surface area contributed by atoms with E-state index in [1.165, 1.54) is 31.4 Å². The van der Waals surface area contributed by atoms with E-state index in [-0.39, 0.29) is 5.69 Å². The molecule has 4 heterocycles. The molecule has 37 heavy (non-hydrogen) atoms. The summed E-state index contributed by atoms with van der Waals surface area (Å²) in [5.41, 5.74) is 3.36. The number of nitrogens with zero attached hydrogens (tertiary/aromatic N) is 5. The maximum absolute atomic E-state index is 11.1. The van der Waals surface area contributed by atoms with Gasteiger partial charge in [-0.2, -0.15) is 9.97 Å². The standard InChI is InChI=1S/C27H25N7O3/c35-34(36)21-5-4-6-22(16-21)37-26-23-11-12-28-25(23)31-27(32-26)30-19-9-10-24-18(15-19)7-8-20(29-24)17-33-13-2-1-3-14-33/h4-12,15-16H,1-3,13-14,17H2,(H2,28,30,31,32). The van der Waals surface area contributed by atoms with Crippen LogP contribution in [0.2, 0.25) is 0 Å². The first-order valence-electron chi connectivity index (χ1n) is 12.3. The molecule has 10 nitrogen and oxygen atoms in total. The minimum Gasteiger partial charge on any atom is -0.438 e. The van der Waals surface area contributed by atoms with Gasteiger partial charge in [0.25, 0.3) is 5.69 Å². The summed E-state index contributed by atoms with van der Waals surface area (Å²) in [6.45, 7) is 3.16. The molecule has 0 atom stereocenters. The van der Waals surface area contributed by atoms with Crippen LogP contribution in [0.5, 0.6) is 11.6 Å². The largest absolute Gasteiger partial charge is 0.438 e. The second-order valence-electron chi connectivity index (χ2n) is 9.12. The second-order valence-corrected chi connectivity index (χ2v) is 9.12. The highest BCUT2D eigenvalue weighted by atomic mass is 16.6. The van der Waals surface area contributed by atoms with Gasteiger partial charge in [-0.3, -0.25) is 20.0 Å². The van der Waals surface area contributed by atoms with Crippen molar-refractivity contribution in [1.82, 2.24) is 24.8 Å². The van der Waals surface area contributed by atoms with E-state index in [9.17, 15) is 10.1 Å². The van der Waals surface area contributed by atoms with E-state index in [1.54, 1.807) is 24.4 Å². The number of rotatable bonds is 7. The Morgan fingerprint density at radius 2 is 1.89 bits per heavy atom. The van der Waals surface area contributed by atoms with Crippen molar-refractivity contribution >= 4 is 39.3 Å². The molecule has 3 aromatic heterocycles. The molecule has 2 aromatic carbocycles. The smallest absolute Gasteiger partial charge is 0.273 e. The van der Waals surface area contributed by atoms with Crippen LogP contribution >= 0.6 is 0 Å². The third-order valence-corrected chi connectivity index (χ3v) is 6.46. The molecule has 1 aliphatic rings. The minimum atomic E-state index is -0.461. The number of nitro groups is 1. The van der Waals surface area contributed by atoms with E-state index in [2.05, 4.69) is 37.3 Å². The van der Waals surface area contributed by atoms with Crippen LogP contribution in [0.1, 0.15) is 25.0 Å². The van der Waals surface area contributed by atoms with Crippen molar-refractivity contribution in [2.45, 2.75) is 25.8 Å². The summed E-state index contributed by atoms with van der Waals surface area (Å²) in [5, 5.41) is 16.1. The van der Waals surface area contributed by atoms with Gasteiger partial charge in [0, 0.05) is 29.9 Å². The second kappa shape index (κ2) is 9.82. The fraction of sp³-hybridized carbons (Fsp3) is 0.222. The Balaban J connectivity index is 1.24. The number of hydrogen-bond donors (Lipinski definition) is 2. The number of nitrogens with one attached hydrogen (secondary N) is 2. The molecule has 0 aliphatic carbocycles. The Morgan fingerprint density at radius 1 is 1.00 bits per heavy atom. The highest BCUT2D eigenvalue weighted by Crippen LogP contribution is 2.31. The molecular formula is C27H25N7O3. The van der Waals surface area contributed by atoms with Gasteiger partial charge in [0.05, 0.1) is 27.6 Å². The molecule has 2 N–H and O–H groups in total. The topological polar surface area (TPSA) is 122 Å². The van der Waals surface area contributed by atoms with Crippen LogP contribution < -0.4 is 10.1 Å². The van der Waals surface area contributed by atoms with Gasteiger partial charge in [-0.1, -0.05) is 18.6 Å². The highest BCUT2D eigenvalue weighted by molar-refractivity contribution is 5.85. The van der Waals surface area contributed by atoms with Crippen LogP contribution in [0, 0.1) is 10.1 Å². The van der Waals surface area contributed by atoms with Crippen molar-refractivity contribution in [3.63, 3.8) is 0 Å². The Labute approximate surface area is 212 Å². The van der Waals surface area contributed by atoms with E-state index in [1.807, 2.05) is 18.2 Å². The van der Waals surface area contributed by atoms with Crippen molar-refractivity contribution in [3.05, 3.63) is 82.7 Å². The van der Waals surface area contributed by atoms with Gasteiger partial charge in [-0.05, 0) is 62.3 Å². The SMILES string of the molecule is O=[N+]([O-])c1cccc(Oc2nc(Nc3ccc4nc(CN5CCCCC5)ccc4c3)nc3[nH]ccc23)c1. The molecule has 1 fully saturated rings. The highest BCUT2D eigenvalue weighted by Gasteiger charge is 2.14. The average Bonchev–Trinajstić information content (AvgIpc) is 3.39. The lowest BCUT2D eigenvalue weighted by molar-refractivity contribution is -0.384. The molecule has 0 bridgehead atoms. The number of anilines is 2. The first-order chi connectivity index (χ1) is 18.1. The van der Waals surface area contributed by atoms with Gasteiger partial charge in [0.1, 0.15) is 11.4 Å². The normalized spacial score (nSPS) is 14.2. The Bertz CT molecular complexity index is 1590. The van der Waals surface area contributed by atoms with E-state index >= 15 is 0 Å². The molecular weight excluding hydrogens is 470 g/mol. The van der Waals surface area contributed by atoms with Crippen LogP contribution in [-0.2, 0) is 6.54 Å². The van der Waals surface area contributed by atoms with Crippen molar-refractivity contribution in [3.8, 4) is 11.6 Å². The first kappa shape index (κ1) is 22.9. The van der Waals surface area contributed by atoms with Gasteiger partial charge in [0.15, 0.2) is 0 Å². The minimum absolute atomic E-state index is 0.0564. The van der Waals surface area contributed by atoms with E-state index in [0.717, 1.165) is 41.9 Å². The number of nitro benzene ring substituents is 1. The quantitative estimate of drug-likeness (QED) is 0.210. The number of non-ortho nitro benzene ring substituents is 1. The monoisotopic (exact) mass is 495 g/mol. The zero-order valence-electron chi connectivity index (χ0n) is 20.1. The number of likely N-dealkylation sites (tertiary alicyclic amines) is 1. The Hall–Kier alpha value is -4.57. The maximum atomic E-state index is 11.1. The maximum Gasteiger partial charge on any atom is 0.273 e. The third-order valence-electron chi connectivity index (χ3n) is 6.46. The summed E-state index contributed by atoms with van der Waals surface area (Å²) in [6, 6.07) is 17.9. The molecule has 1 saturated heterocycles. The zero-order valence-corrected chi connectivity index (χ0v) is 20.1.